The van der Waals surface area contributed by atoms with Gasteiger partial charge in [-0.2, -0.15) is 17.6 Å². The lowest BCUT2D eigenvalue weighted by Gasteiger charge is -2.25. The number of benzene rings is 1. The molecule has 1 aromatic heterocycles. The van der Waals surface area contributed by atoms with E-state index in [4.69, 9.17) is 11.6 Å². The maximum Gasteiger partial charge on any atom is 0.418 e. The number of carbonyl (C=O) groups is 1. The smallest absolute Gasteiger partial charge is 0.331 e. The van der Waals surface area contributed by atoms with Crippen molar-refractivity contribution in [1.29, 1.82) is 0 Å². The second-order valence-electron chi connectivity index (χ2n) is 6.04. The van der Waals surface area contributed by atoms with Gasteiger partial charge in [0.25, 0.3) is 12.3 Å². The number of carbonyl (C=O) groups excluding carboxylic acids is 1. The molecule has 1 aliphatic rings. The van der Waals surface area contributed by atoms with Gasteiger partial charge in [0.05, 0.1) is 10.6 Å². The summed E-state index contributed by atoms with van der Waals surface area (Å²) in [5, 5.41) is 4.18. The first-order valence-electron chi connectivity index (χ1n) is 7.78. The minimum atomic E-state index is -4.78. The molecule has 11 heteroatoms. The van der Waals surface area contributed by atoms with Crippen molar-refractivity contribution < 1.29 is 31.1 Å². The van der Waals surface area contributed by atoms with Crippen LogP contribution in [0.5, 0.6) is 0 Å². The van der Waals surface area contributed by atoms with E-state index in [-0.39, 0.29) is 5.56 Å². The maximum absolute atomic E-state index is 13.8. The van der Waals surface area contributed by atoms with Crippen LogP contribution in [0.3, 0.4) is 0 Å². The summed E-state index contributed by atoms with van der Waals surface area (Å²) < 4.78 is 79.8. The molecular formula is C16H12ClF6N3O. The second kappa shape index (κ2) is 7.06. The van der Waals surface area contributed by atoms with Gasteiger partial charge < -0.3 is 4.90 Å². The van der Waals surface area contributed by atoms with E-state index in [2.05, 4.69) is 5.10 Å². The van der Waals surface area contributed by atoms with Crippen molar-refractivity contribution in [3.63, 3.8) is 0 Å². The standard InChI is InChI=1S/C16H12ClF6N3O/c17-9-3-1-2-7(11(9)16(21,22)23)6-26(8-4-5-8)15(27)10-12(13(18)19)24-25-14(10)20/h1-3,8,13H,4-6H2,(H,24,25). The van der Waals surface area contributed by atoms with Gasteiger partial charge in [-0.3, -0.25) is 9.89 Å². The van der Waals surface area contributed by atoms with Crippen molar-refractivity contribution >= 4 is 17.5 Å². The number of hydrogen-bond acceptors (Lipinski definition) is 2. The molecule has 0 bridgehead atoms. The molecule has 0 unspecified atom stereocenters. The fraction of sp³-hybridized carbons (Fsp3) is 0.375. The first-order chi connectivity index (χ1) is 12.6. The Balaban J connectivity index is 1.99. The van der Waals surface area contributed by atoms with Gasteiger partial charge in [-0.15, -0.1) is 5.10 Å². The van der Waals surface area contributed by atoms with Crippen molar-refractivity contribution in [2.45, 2.75) is 38.0 Å². The number of halogens is 7. The van der Waals surface area contributed by atoms with Crippen molar-refractivity contribution in [3.05, 3.63) is 51.6 Å². The molecule has 1 fully saturated rings. The number of hydrogen-bond donors (Lipinski definition) is 1. The van der Waals surface area contributed by atoms with Gasteiger partial charge in [0, 0.05) is 12.6 Å². The number of H-pyrrole nitrogens is 1. The molecule has 0 radical (unpaired) electrons. The van der Waals surface area contributed by atoms with Crippen LogP contribution in [-0.2, 0) is 12.7 Å². The lowest BCUT2D eigenvalue weighted by Crippen LogP contribution is -2.34. The van der Waals surface area contributed by atoms with Gasteiger partial charge in [0.2, 0.25) is 5.95 Å². The summed E-state index contributed by atoms with van der Waals surface area (Å²) in [5.41, 5.74) is -3.40. The van der Waals surface area contributed by atoms with Crippen LogP contribution < -0.4 is 0 Å². The average molecular weight is 412 g/mol. The Kier molecular flexibility index (Phi) is 5.11. The van der Waals surface area contributed by atoms with Crippen molar-refractivity contribution in [1.82, 2.24) is 15.1 Å². The van der Waals surface area contributed by atoms with E-state index in [1.165, 1.54) is 6.07 Å². The van der Waals surface area contributed by atoms with Gasteiger partial charge in [-0.05, 0) is 24.5 Å². The molecule has 1 aliphatic carbocycles. The Morgan fingerprint density at radius 3 is 2.56 bits per heavy atom. The Hall–Kier alpha value is -2.23. The lowest BCUT2D eigenvalue weighted by molar-refractivity contribution is -0.138. The third-order valence-electron chi connectivity index (χ3n) is 4.15. The van der Waals surface area contributed by atoms with Crippen LogP contribution in [-0.4, -0.2) is 27.0 Å². The molecular weight excluding hydrogens is 400 g/mol. The van der Waals surface area contributed by atoms with Crippen LogP contribution in [0.1, 0.15) is 46.4 Å². The summed E-state index contributed by atoms with van der Waals surface area (Å²) in [6.45, 7) is -0.549. The van der Waals surface area contributed by atoms with Crippen LogP contribution in [0.2, 0.25) is 5.02 Å². The van der Waals surface area contributed by atoms with Gasteiger partial charge in [0.15, 0.2) is 0 Å². The zero-order chi connectivity index (χ0) is 19.9. The number of nitrogens with one attached hydrogen (secondary N) is 1. The van der Waals surface area contributed by atoms with E-state index >= 15 is 0 Å². The number of aromatic amines is 1. The molecule has 0 atom stereocenters. The number of amides is 1. The zero-order valence-electron chi connectivity index (χ0n) is 13.5. The van der Waals surface area contributed by atoms with E-state index in [1.807, 2.05) is 0 Å². The monoisotopic (exact) mass is 411 g/mol. The highest BCUT2D eigenvalue weighted by Gasteiger charge is 2.40. The Morgan fingerprint density at radius 2 is 2.00 bits per heavy atom. The van der Waals surface area contributed by atoms with Crippen LogP contribution in [0.15, 0.2) is 18.2 Å². The topological polar surface area (TPSA) is 49.0 Å². The second-order valence-corrected chi connectivity index (χ2v) is 6.45. The number of rotatable bonds is 5. The number of nitrogens with zero attached hydrogens (tertiary/aromatic N) is 2. The number of alkyl halides is 5. The summed E-state index contributed by atoms with van der Waals surface area (Å²) in [5.74, 6) is -2.57. The summed E-state index contributed by atoms with van der Waals surface area (Å²) in [7, 11) is 0. The highest BCUT2D eigenvalue weighted by molar-refractivity contribution is 6.31. The van der Waals surface area contributed by atoms with E-state index in [0.717, 1.165) is 17.0 Å². The Labute approximate surface area is 154 Å². The molecule has 0 saturated heterocycles. The third kappa shape index (κ3) is 3.90. The third-order valence-corrected chi connectivity index (χ3v) is 4.47. The van der Waals surface area contributed by atoms with Crippen molar-refractivity contribution in [3.8, 4) is 0 Å². The van der Waals surface area contributed by atoms with E-state index in [1.54, 1.807) is 5.10 Å². The van der Waals surface area contributed by atoms with Crippen LogP contribution in [0.4, 0.5) is 26.3 Å². The largest absolute Gasteiger partial charge is 0.418 e. The Bertz CT molecular complexity index is 862. The first kappa shape index (κ1) is 19.5. The van der Waals surface area contributed by atoms with E-state index in [9.17, 15) is 31.1 Å². The highest BCUT2D eigenvalue weighted by atomic mass is 35.5. The molecule has 146 valence electrons. The molecule has 4 nitrogen and oxygen atoms in total. The molecule has 0 spiro atoms. The van der Waals surface area contributed by atoms with E-state index < -0.39 is 58.9 Å². The van der Waals surface area contributed by atoms with Crippen LogP contribution >= 0.6 is 11.6 Å². The number of aromatic nitrogens is 2. The molecule has 27 heavy (non-hydrogen) atoms. The molecule has 3 rings (SSSR count). The molecule has 1 N–H and O–H groups in total. The maximum atomic E-state index is 13.8. The van der Waals surface area contributed by atoms with Crippen molar-refractivity contribution in [2.75, 3.05) is 0 Å². The predicted octanol–water partition coefficient (Wildman–Crippen LogP) is 4.96. The molecule has 1 saturated carbocycles. The Morgan fingerprint density at radius 1 is 1.33 bits per heavy atom. The summed E-state index contributed by atoms with van der Waals surface area (Å²) in [6.07, 6.45) is -7.03. The average Bonchev–Trinajstić information content (AvgIpc) is 3.32. The normalized spacial score (nSPS) is 14.7. The fourth-order valence-electron chi connectivity index (χ4n) is 2.79. The van der Waals surface area contributed by atoms with Gasteiger partial charge in [-0.1, -0.05) is 23.7 Å². The molecule has 1 amide bonds. The summed E-state index contributed by atoms with van der Waals surface area (Å²) in [4.78, 5) is 13.6. The van der Waals surface area contributed by atoms with E-state index in [0.29, 0.717) is 12.8 Å². The predicted molar refractivity (Wildman–Crippen MR) is 82.9 cm³/mol. The fourth-order valence-corrected chi connectivity index (χ4v) is 3.09. The quantitative estimate of drug-likeness (QED) is 0.707. The summed E-state index contributed by atoms with van der Waals surface area (Å²) >= 11 is 5.67. The first-order valence-corrected chi connectivity index (χ1v) is 8.16. The van der Waals surface area contributed by atoms with Crippen LogP contribution in [0, 0.1) is 5.95 Å². The minimum absolute atomic E-state index is 0.308. The van der Waals surface area contributed by atoms with Gasteiger partial charge >= 0.3 is 6.18 Å². The molecule has 0 aliphatic heterocycles. The zero-order valence-corrected chi connectivity index (χ0v) is 14.2. The van der Waals surface area contributed by atoms with Crippen molar-refractivity contribution in [2.24, 2.45) is 0 Å². The van der Waals surface area contributed by atoms with Crippen LogP contribution in [0.25, 0.3) is 0 Å². The van der Waals surface area contributed by atoms with Gasteiger partial charge in [-0.25, -0.2) is 8.78 Å². The minimum Gasteiger partial charge on any atom is -0.331 e. The SMILES string of the molecule is O=C(c1c(F)n[nH]c1C(F)F)N(Cc1cccc(Cl)c1C(F)(F)F)C1CC1. The molecule has 1 heterocycles. The molecule has 1 aromatic carbocycles. The summed E-state index contributed by atoms with van der Waals surface area (Å²) in [6, 6.07) is 3.00. The molecule has 2 aromatic rings. The lowest BCUT2D eigenvalue weighted by atomic mass is 10.1. The van der Waals surface area contributed by atoms with Gasteiger partial charge in [0.1, 0.15) is 11.3 Å². The highest BCUT2D eigenvalue weighted by Crippen LogP contribution is 2.39.